The lowest BCUT2D eigenvalue weighted by Crippen LogP contribution is -2.50. The van der Waals surface area contributed by atoms with Gasteiger partial charge < -0.3 is 15.2 Å². The number of carbonyl (C=O) groups excluding carboxylic acids is 2. The molecule has 2 N–H and O–H groups in total. The molecule has 2 fully saturated rings. The van der Waals surface area contributed by atoms with Crippen LogP contribution in [0.5, 0.6) is 0 Å². The van der Waals surface area contributed by atoms with Crippen LogP contribution in [0, 0.1) is 0 Å². The number of nitrogens with zero attached hydrogens (tertiary/aromatic N) is 4. The van der Waals surface area contributed by atoms with E-state index in [2.05, 4.69) is 25.2 Å². The number of pyridine rings is 3. The molecule has 9 heteroatoms. The Bertz CT molecular complexity index is 1250. The maximum absolute atomic E-state index is 12.7. The molecule has 1 aliphatic heterocycles. The maximum atomic E-state index is 12.7. The number of carbonyl (C=O) groups is 2. The summed E-state index contributed by atoms with van der Waals surface area (Å²) in [6.45, 7) is 2.07. The molecule has 0 aromatic carbocycles. The molecular formula is C23H24N6O3. The van der Waals surface area contributed by atoms with Crippen LogP contribution in [0.3, 0.4) is 0 Å². The topological polar surface area (TPSA) is 111 Å². The summed E-state index contributed by atoms with van der Waals surface area (Å²) in [6, 6.07) is 7.20. The first-order valence-electron chi connectivity index (χ1n) is 10.7. The molecule has 0 spiro atoms. The molecule has 5 rings (SSSR count). The summed E-state index contributed by atoms with van der Waals surface area (Å²) in [5.41, 5.74) is 4.27. The van der Waals surface area contributed by atoms with Gasteiger partial charge >= 0.3 is 0 Å². The zero-order chi connectivity index (χ0) is 22.2. The van der Waals surface area contributed by atoms with E-state index in [0.717, 1.165) is 35.0 Å². The van der Waals surface area contributed by atoms with Crippen molar-refractivity contribution in [2.75, 3.05) is 31.6 Å². The molecule has 1 saturated heterocycles. The number of nitrogens with one attached hydrogen (secondary N) is 2. The minimum absolute atomic E-state index is 0.0260. The van der Waals surface area contributed by atoms with Crippen molar-refractivity contribution in [1.29, 1.82) is 0 Å². The summed E-state index contributed by atoms with van der Waals surface area (Å²) in [7, 11) is 1.55. The fraction of sp³-hybridized carbons (Fsp3) is 0.348. The molecule has 32 heavy (non-hydrogen) atoms. The van der Waals surface area contributed by atoms with Gasteiger partial charge in [-0.05, 0) is 48.6 Å². The second-order valence-corrected chi connectivity index (χ2v) is 8.34. The number of hydrogen-bond acceptors (Lipinski definition) is 6. The van der Waals surface area contributed by atoms with Crippen LogP contribution in [0.4, 0.5) is 5.69 Å². The zero-order valence-corrected chi connectivity index (χ0v) is 17.8. The zero-order valence-electron chi connectivity index (χ0n) is 17.8. The Morgan fingerprint density at radius 2 is 2.00 bits per heavy atom. The van der Waals surface area contributed by atoms with Gasteiger partial charge in [0.2, 0.25) is 5.91 Å². The fourth-order valence-electron chi connectivity index (χ4n) is 4.12. The number of aromatic amines is 1. The van der Waals surface area contributed by atoms with Crippen molar-refractivity contribution in [2.45, 2.75) is 25.3 Å². The number of H-pyrrole nitrogens is 1. The Balaban J connectivity index is 1.26. The second-order valence-electron chi connectivity index (χ2n) is 8.34. The van der Waals surface area contributed by atoms with Gasteiger partial charge in [0.1, 0.15) is 5.69 Å². The minimum atomic E-state index is -0.262. The third-order valence-electron chi connectivity index (χ3n) is 6.02. The molecule has 0 radical (unpaired) electrons. The first-order chi connectivity index (χ1) is 15.5. The van der Waals surface area contributed by atoms with Crippen molar-refractivity contribution in [3.05, 3.63) is 63.8 Å². The number of fused-ring (bicyclic) bond motifs is 1. The summed E-state index contributed by atoms with van der Waals surface area (Å²) in [4.78, 5) is 52.1. The average Bonchev–Trinajstić information content (AvgIpc) is 3.64. The first kappa shape index (κ1) is 20.3. The van der Waals surface area contributed by atoms with Gasteiger partial charge in [-0.25, -0.2) is 4.98 Å². The number of anilines is 1. The van der Waals surface area contributed by atoms with Crippen LogP contribution in [0.25, 0.3) is 11.0 Å². The molecule has 4 heterocycles. The monoisotopic (exact) mass is 432 g/mol. The summed E-state index contributed by atoms with van der Waals surface area (Å²) in [6.07, 6.45) is 5.51. The highest BCUT2D eigenvalue weighted by molar-refractivity contribution is 5.96. The average molecular weight is 432 g/mol. The molecule has 1 saturated carbocycles. The van der Waals surface area contributed by atoms with E-state index in [1.54, 1.807) is 30.3 Å². The smallest absolute Gasteiger partial charge is 0.269 e. The molecule has 9 nitrogen and oxygen atoms in total. The Morgan fingerprint density at radius 3 is 2.69 bits per heavy atom. The van der Waals surface area contributed by atoms with Crippen molar-refractivity contribution in [1.82, 2.24) is 25.2 Å². The van der Waals surface area contributed by atoms with E-state index in [-0.39, 0.29) is 23.9 Å². The van der Waals surface area contributed by atoms with Crippen LogP contribution in [-0.4, -0.2) is 58.3 Å². The van der Waals surface area contributed by atoms with Crippen LogP contribution in [0.1, 0.15) is 40.4 Å². The molecule has 164 valence electrons. The Labute approximate surface area is 184 Å². The second kappa shape index (κ2) is 8.16. The van der Waals surface area contributed by atoms with Gasteiger partial charge in [-0.1, -0.05) is 0 Å². The highest BCUT2D eigenvalue weighted by Crippen LogP contribution is 2.38. The lowest BCUT2D eigenvalue weighted by Gasteiger charge is -2.34. The van der Waals surface area contributed by atoms with Gasteiger partial charge in [0.15, 0.2) is 0 Å². The number of amides is 2. The third-order valence-corrected chi connectivity index (χ3v) is 6.02. The summed E-state index contributed by atoms with van der Waals surface area (Å²) >= 11 is 0. The molecule has 0 atom stereocenters. The first-order valence-corrected chi connectivity index (χ1v) is 10.7. The van der Waals surface area contributed by atoms with E-state index in [4.69, 9.17) is 0 Å². The molecule has 3 aromatic heterocycles. The molecule has 2 aliphatic rings. The van der Waals surface area contributed by atoms with Crippen LogP contribution >= 0.6 is 0 Å². The maximum Gasteiger partial charge on any atom is 0.269 e. The van der Waals surface area contributed by atoms with E-state index in [1.165, 1.54) is 0 Å². The molecule has 1 aliphatic carbocycles. The SMILES string of the molecule is CNC(=O)c1ccc(N2CCN(Cc3cnc4cc(C5CC5)c(=O)[nH]c4c3)CC2=O)cn1. The van der Waals surface area contributed by atoms with E-state index in [1.807, 2.05) is 18.3 Å². The van der Waals surface area contributed by atoms with Gasteiger partial charge in [0, 0.05) is 38.4 Å². The van der Waals surface area contributed by atoms with E-state index >= 15 is 0 Å². The Morgan fingerprint density at radius 1 is 1.16 bits per heavy atom. The summed E-state index contributed by atoms with van der Waals surface area (Å²) in [5.74, 6) is 0.0888. The molecule has 2 amide bonds. The lowest BCUT2D eigenvalue weighted by molar-refractivity contribution is -0.121. The number of aromatic nitrogens is 3. The largest absolute Gasteiger partial charge is 0.354 e. The molecule has 0 unspecified atom stereocenters. The van der Waals surface area contributed by atoms with Crippen molar-refractivity contribution >= 4 is 28.5 Å². The number of rotatable bonds is 5. The third kappa shape index (κ3) is 3.99. The lowest BCUT2D eigenvalue weighted by atomic mass is 10.1. The molecule has 0 bridgehead atoms. The quantitative estimate of drug-likeness (QED) is 0.631. The minimum Gasteiger partial charge on any atom is -0.354 e. The highest BCUT2D eigenvalue weighted by atomic mass is 16.2. The Kier molecular flexibility index (Phi) is 5.18. The Hall–Kier alpha value is -3.59. The van der Waals surface area contributed by atoms with Gasteiger partial charge in [-0.3, -0.25) is 24.3 Å². The fourth-order valence-corrected chi connectivity index (χ4v) is 4.12. The normalized spacial score (nSPS) is 17.0. The van der Waals surface area contributed by atoms with Gasteiger partial charge in [0.05, 0.1) is 29.5 Å². The summed E-state index contributed by atoms with van der Waals surface area (Å²) in [5, 5.41) is 2.53. The van der Waals surface area contributed by atoms with E-state index < -0.39 is 0 Å². The van der Waals surface area contributed by atoms with Gasteiger partial charge in [-0.15, -0.1) is 0 Å². The van der Waals surface area contributed by atoms with Gasteiger partial charge in [0.25, 0.3) is 11.5 Å². The molecular weight excluding hydrogens is 408 g/mol. The van der Waals surface area contributed by atoms with Gasteiger partial charge in [-0.2, -0.15) is 0 Å². The van der Waals surface area contributed by atoms with Crippen LogP contribution in [0.15, 0.2) is 41.5 Å². The van der Waals surface area contributed by atoms with Crippen LogP contribution in [0.2, 0.25) is 0 Å². The highest BCUT2D eigenvalue weighted by Gasteiger charge is 2.27. The van der Waals surface area contributed by atoms with Crippen molar-refractivity contribution in [3.8, 4) is 0 Å². The standard InChI is InChI=1S/C23H24N6O3/c1-24-23(32)18-5-4-16(11-26-18)29-7-6-28(13-21(29)30)12-14-8-20-19(25-10-14)9-17(15-2-3-15)22(31)27-20/h4-5,8-11,15H,2-3,6-7,12-13H2,1H3,(H,24,32)(H,27,31). The predicted octanol–water partition coefficient (Wildman–Crippen LogP) is 1.40. The van der Waals surface area contributed by atoms with Crippen molar-refractivity contribution in [2.24, 2.45) is 0 Å². The number of piperazine rings is 1. The summed E-state index contributed by atoms with van der Waals surface area (Å²) < 4.78 is 0. The van der Waals surface area contributed by atoms with Crippen molar-refractivity contribution in [3.63, 3.8) is 0 Å². The van der Waals surface area contributed by atoms with E-state index in [0.29, 0.717) is 36.9 Å². The van der Waals surface area contributed by atoms with Crippen LogP contribution in [-0.2, 0) is 11.3 Å². The van der Waals surface area contributed by atoms with Crippen molar-refractivity contribution < 1.29 is 9.59 Å². The molecule has 3 aromatic rings. The number of hydrogen-bond donors (Lipinski definition) is 2. The predicted molar refractivity (Wildman–Crippen MR) is 120 cm³/mol. The van der Waals surface area contributed by atoms with E-state index in [9.17, 15) is 14.4 Å². The van der Waals surface area contributed by atoms with Crippen LogP contribution < -0.4 is 15.8 Å².